The number of aromatic nitrogens is 3. The quantitative estimate of drug-likeness (QED) is 0.399. The van der Waals surface area contributed by atoms with Crippen molar-refractivity contribution in [2.45, 2.75) is 13.8 Å². The third-order valence-corrected chi connectivity index (χ3v) is 2.61. The molecule has 0 fully saturated rings. The third-order valence-electron chi connectivity index (χ3n) is 2.61. The van der Waals surface area contributed by atoms with Crippen molar-refractivity contribution in [2.75, 3.05) is 12.5 Å². The smallest absolute Gasteiger partial charge is 0.349 e. The second kappa shape index (κ2) is 7.33. The Morgan fingerprint density at radius 2 is 1.75 bits per heavy atom. The highest BCUT2D eigenvalue weighted by Crippen LogP contribution is 2.31. The Morgan fingerprint density at radius 3 is 2.38 bits per heavy atom. The molecule has 126 valence electrons. The van der Waals surface area contributed by atoms with Crippen LogP contribution in [0.3, 0.4) is 0 Å². The number of aromatic amines is 1. The van der Waals surface area contributed by atoms with E-state index in [-0.39, 0.29) is 23.3 Å². The first-order valence-electron chi connectivity index (χ1n) is 6.81. The molecule has 0 radical (unpaired) electrons. The van der Waals surface area contributed by atoms with E-state index in [1.54, 1.807) is 13.1 Å². The maximum atomic E-state index is 11.6. The van der Waals surface area contributed by atoms with Crippen LogP contribution in [0.2, 0.25) is 0 Å². The highest BCUT2D eigenvalue weighted by atomic mass is 16.6. The van der Waals surface area contributed by atoms with Gasteiger partial charge in [-0.2, -0.15) is 9.97 Å². The Bertz CT molecular complexity index is 833. The molecule has 0 spiro atoms. The summed E-state index contributed by atoms with van der Waals surface area (Å²) >= 11 is 0. The van der Waals surface area contributed by atoms with E-state index in [0.29, 0.717) is 5.56 Å². The van der Waals surface area contributed by atoms with Crippen molar-refractivity contribution in [2.24, 2.45) is 0 Å². The van der Waals surface area contributed by atoms with Gasteiger partial charge in [0.05, 0.1) is 0 Å². The molecule has 0 aliphatic heterocycles. The fraction of sp³-hybridized carbons (Fsp3) is 0.214. The number of carbonyl (C=O) groups is 2. The van der Waals surface area contributed by atoms with Crippen LogP contribution >= 0.6 is 0 Å². The minimum absolute atomic E-state index is 0.0257. The van der Waals surface area contributed by atoms with Gasteiger partial charge in [0.1, 0.15) is 5.82 Å². The van der Waals surface area contributed by atoms with E-state index >= 15 is 0 Å². The first kappa shape index (κ1) is 17.1. The molecule has 0 bridgehead atoms. The Labute approximate surface area is 136 Å². The van der Waals surface area contributed by atoms with Gasteiger partial charge in [0.2, 0.25) is 5.95 Å². The van der Waals surface area contributed by atoms with E-state index in [4.69, 9.17) is 9.47 Å². The Morgan fingerprint density at radius 1 is 1.08 bits per heavy atom. The summed E-state index contributed by atoms with van der Waals surface area (Å²) < 4.78 is 10.0. The van der Waals surface area contributed by atoms with Gasteiger partial charge in [-0.1, -0.05) is 0 Å². The van der Waals surface area contributed by atoms with Crippen molar-refractivity contribution in [3.05, 3.63) is 28.7 Å². The summed E-state index contributed by atoms with van der Waals surface area (Å²) in [5.41, 5.74) is 5.02. The van der Waals surface area contributed by atoms with Crippen LogP contribution in [-0.4, -0.2) is 33.9 Å². The second-order valence-corrected chi connectivity index (χ2v) is 4.55. The second-order valence-electron chi connectivity index (χ2n) is 4.55. The molecule has 24 heavy (non-hydrogen) atoms. The van der Waals surface area contributed by atoms with Gasteiger partial charge >= 0.3 is 17.6 Å². The third kappa shape index (κ3) is 4.36. The molecule has 0 amide bonds. The Balaban J connectivity index is 2.49. The summed E-state index contributed by atoms with van der Waals surface area (Å²) in [6, 6.07) is 4.40. The summed E-state index contributed by atoms with van der Waals surface area (Å²) in [6.07, 6.45) is 0. The number of carbonyl (C=O) groups excluding carboxylic acids is 2. The Hall–Kier alpha value is -3.27. The maximum Gasteiger partial charge on any atom is 0.349 e. The number of nitrogens with one attached hydrogen (secondary N) is 3. The van der Waals surface area contributed by atoms with Gasteiger partial charge in [0, 0.05) is 26.5 Å². The zero-order chi connectivity index (χ0) is 17.7. The van der Waals surface area contributed by atoms with E-state index in [9.17, 15) is 14.4 Å². The SMILES string of the molecule is CNNc1nc(-c2ccc(OC(C)=O)c(OC(C)=O)c2)[nH]c(=O)n1. The van der Waals surface area contributed by atoms with Crippen molar-refractivity contribution in [3.63, 3.8) is 0 Å². The Kier molecular flexibility index (Phi) is 5.22. The van der Waals surface area contributed by atoms with Crippen LogP contribution in [0.15, 0.2) is 23.0 Å². The largest absolute Gasteiger partial charge is 0.423 e. The number of benzene rings is 1. The fourth-order valence-corrected chi connectivity index (χ4v) is 1.82. The van der Waals surface area contributed by atoms with E-state index in [1.807, 2.05) is 0 Å². The zero-order valence-corrected chi connectivity index (χ0v) is 13.2. The molecular weight excluding hydrogens is 318 g/mol. The molecule has 0 saturated heterocycles. The van der Waals surface area contributed by atoms with E-state index < -0.39 is 17.6 Å². The monoisotopic (exact) mass is 333 g/mol. The van der Waals surface area contributed by atoms with Crippen molar-refractivity contribution in [3.8, 4) is 22.9 Å². The molecule has 1 aromatic heterocycles. The molecule has 0 atom stereocenters. The molecule has 0 aliphatic rings. The molecule has 10 nitrogen and oxygen atoms in total. The van der Waals surface area contributed by atoms with Crippen LogP contribution < -0.4 is 26.0 Å². The number of hydrogen-bond donors (Lipinski definition) is 3. The predicted molar refractivity (Wildman–Crippen MR) is 83.4 cm³/mol. The van der Waals surface area contributed by atoms with Gasteiger partial charge in [0.15, 0.2) is 11.5 Å². The van der Waals surface area contributed by atoms with Gasteiger partial charge < -0.3 is 9.47 Å². The predicted octanol–water partition coefficient (Wildman–Crippen LogP) is 0.229. The lowest BCUT2D eigenvalue weighted by Crippen LogP contribution is -2.22. The topological polar surface area (TPSA) is 135 Å². The lowest BCUT2D eigenvalue weighted by atomic mass is 10.2. The number of rotatable bonds is 5. The van der Waals surface area contributed by atoms with Crippen molar-refractivity contribution in [1.29, 1.82) is 0 Å². The van der Waals surface area contributed by atoms with Crippen LogP contribution in [0, 0.1) is 0 Å². The fourth-order valence-electron chi connectivity index (χ4n) is 1.82. The number of ether oxygens (including phenoxy) is 2. The van der Waals surface area contributed by atoms with Gasteiger partial charge in [-0.15, -0.1) is 0 Å². The summed E-state index contributed by atoms with van der Waals surface area (Å²) in [4.78, 5) is 44.2. The van der Waals surface area contributed by atoms with Crippen molar-refractivity contribution >= 4 is 17.9 Å². The first-order chi connectivity index (χ1) is 11.4. The molecule has 2 aromatic rings. The summed E-state index contributed by atoms with van der Waals surface area (Å²) in [5, 5.41) is 0. The molecule has 0 saturated carbocycles. The minimum Gasteiger partial charge on any atom is -0.423 e. The van der Waals surface area contributed by atoms with Crippen LogP contribution in [0.5, 0.6) is 11.5 Å². The molecule has 1 heterocycles. The standard InChI is InChI=1S/C14H15N5O5/c1-7(20)23-10-5-4-9(6-11(10)24-8(2)21)12-16-13(19-15-3)18-14(22)17-12/h4-6,15H,1-3H3,(H2,16,17,18,19,22). The van der Waals surface area contributed by atoms with Crippen LogP contribution in [0.4, 0.5) is 5.95 Å². The van der Waals surface area contributed by atoms with Crippen LogP contribution in [0.1, 0.15) is 13.8 Å². The molecule has 0 unspecified atom stereocenters. The average Bonchev–Trinajstić information content (AvgIpc) is 2.47. The molecule has 1 aromatic carbocycles. The highest BCUT2D eigenvalue weighted by molar-refractivity contribution is 5.75. The van der Waals surface area contributed by atoms with Crippen LogP contribution in [-0.2, 0) is 9.59 Å². The van der Waals surface area contributed by atoms with E-state index in [1.165, 1.54) is 26.0 Å². The van der Waals surface area contributed by atoms with E-state index in [0.717, 1.165) is 0 Å². The van der Waals surface area contributed by atoms with Gasteiger partial charge in [0.25, 0.3) is 0 Å². The lowest BCUT2D eigenvalue weighted by molar-refractivity contribution is -0.134. The minimum atomic E-state index is -0.615. The maximum absolute atomic E-state index is 11.6. The number of H-pyrrole nitrogens is 1. The summed E-state index contributed by atoms with van der Waals surface area (Å²) in [7, 11) is 1.59. The number of hydrogen-bond acceptors (Lipinski definition) is 9. The first-order valence-corrected chi connectivity index (χ1v) is 6.81. The number of anilines is 1. The van der Waals surface area contributed by atoms with Gasteiger partial charge in [-0.3, -0.25) is 20.0 Å². The highest BCUT2D eigenvalue weighted by Gasteiger charge is 2.14. The summed E-state index contributed by atoms with van der Waals surface area (Å²) in [6.45, 7) is 2.44. The number of esters is 2. The van der Waals surface area contributed by atoms with Gasteiger partial charge in [-0.05, 0) is 18.2 Å². The number of nitrogens with zero attached hydrogens (tertiary/aromatic N) is 2. The average molecular weight is 333 g/mol. The number of hydrazine groups is 1. The molecule has 3 N–H and O–H groups in total. The lowest BCUT2D eigenvalue weighted by Gasteiger charge is -2.10. The van der Waals surface area contributed by atoms with Crippen LogP contribution in [0.25, 0.3) is 11.4 Å². The molecular formula is C14H15N5O5. The molecule has 2 rings (SSSR count). The van der Waals surface area contributed by atoms with Crippen molar-refractivity contribution in [1.82, 2.24) is 20.4 Å². The summed E-state index contributed by atoms with van der Waals surface area (Å²) in [5.74, 6) is -0.796. The zero-order valence-electron chi connectivity index (χ0n) is 13.2. The van der Waals surface area contributed by atoms with E-state index in [2.05, 4.69) is 25.8 Å². The van der Waals surface area contributed by atoms with Gasteiger partial charge in [-0.25, -0.2) is 10.2 Å². The molecule has 0 aliphatic carbocycles. The molecule has 10 heteroatoms. The normalized spacial score (nSPS) is 10.1. The van der Waals surface area contributed by atoms with Crippen molar-refractivity contribution < 1.29 is 19.1 Å².